The molecule has 2 aliphatic heterocycles. The first-order valence-corrected chi connectivity index (χ1v) is 11.1. The van der Waals surface area contributed by atoms with E-state index in [2.05, 4.69) is 12.2 Å². The maximum absolute atomic E-state index is 12.8. The van der Waals surface area contributed by atoms with Crippen LogP contribution in [0, 0.1) is 12.8 Å². The number of morpholine rings is 1. The van der Waals surface area contributed by atoms with E-state index in [9.17, 15) is 13.2 Å². The lowest BCUT2D eigenvalue weighted by Gasteiger charge is -2.27. The molecule has 2 fully saturated rings. The van der Waals surface area contributed by atoms with Crippen LogP contribution < -0.4 is 10.2 Å². The van der Waals surface area contributed by atoms with Gasteiger partial charge in [-0.2, -0.15) is 4.31 Å². The number of carbonyl (C=O) groups is 1. The molecule has 1 amide bonds. The van der Waals surface area contributed by atoms with E-state index in [4.69, 9.17) is 4.74 Å². The second-order valence-corrected chi connectivity index (χ2v) is 9.59. The molecule has 0 atom stereocenters. The third kappa shape index (κ3) is 5.07. The SMILES string of the molecule is Cc1ccc(S(=O)(=O)N2CCOCC2)cc1NC(=O)C[NH+]1CCC(C)CC1. The average molecular weight is 397 g/mol. The molecule has 2 heterocycles. The number of anilines is 1. The second-order valence-electron chi connectivity index (χ2n) is 7.65. The zero-order valence-corrected chi connectivity index (χ0v) is 17.0. The summed E-state index contributed by atoms with van der Waals surface area (Å²) in [6, 6.07) is 4.93. The first kappa shape index (κ1) is 20.3. The Bertz CT molecular complexity index is 767. The summed E-state index contributed by atoms with van der Waals surface area (Å²) in [5.41, 5.74) is 1.42. The van der Waals surface area contributed by atoms with Crippen molar-refractivity contribution < 1.29 is 22.8 Å². The monoisotopic (exact) mass is 396 g/mol. The van der Waals surface area contributed by atoms with E-state index in [-0.39, 0.29) is 10.8 Å². The van der Waals surface area contributed by atoms with Crippen molar-refractivity contribution in [3.8, 4) is 0 Å². The number of benzene rings is 1. The molecule has 1 aromatic carbocycles. The number of hydrogen-bond donors (Lipinski definition) is 2. The first-order chi connectivity index (χ1) is 12.9. The Morgan fingerprint density at radius 3 is 2.59 bits per heavy atom. The Morgan fingerprint density at radius 1 is 1.26 bits per heavy atom. The molecule has 7 nitrogen and oxygen atoms in total. The minimum atomic E-state index is -3.57. The first-order valence-electron chi connectivity index (χ1n) is 9.68. The largest absolute Gasteiger partial charge is 0.379 e. The van der Waals surface area contributed by atoms with E-state index in [0.717, 1.165) is 37.4 Å². The Kier molecular flexibility index (Phi) is 6.52. The summed E-state index contributed by atoms with van der Waals surface area (Å²) in [4.78, 5) is 14.0. The fourth-order valence-electron chi connectivity index (χ4n) is 3.60. The Labute approximate surface area is 161 Å². The van der Waals surface area contributed by atoms with Crippen molar-refractivity contribution in [1.82, 2.24) is 4.31 Å². The van der Waals surface area contributed by atoms with Crippen LogP contribution in [-0.2, 0) is 19.6 Å². The topological polar surface area (TPSA) is 80.2 Å². The molecule has 0 aliphatic carbocycles. The highest BCUT2D eigenvalue weighted by Crippen LogP contribution is 2.23. The molecule has 0 spiro atoms. The highest BCUT2D eigenvalue weighted by Gasteiger charge is 2.27. The molecule has 2 N–H and O–H groups in total. The summed E-state index contributed by atoms with van der Waals surface area (Å²) in [6.45, 7) is 8.10. The molecule has 27 heavy (non-hydrogen) atoms. The molecular weight excluding hydrogens is 366 g/mol. The number of rotatable bonds is 5. The van der Waals surface area contributed by atoms with Gasteiger partial charge in [-0.25, -0.2) is 8.42 Å². The Morgan fingerprint density at radius 2 is 1.93 bits per heavy atom. The number of aryl methyl sites for hydroxylation is 1. The molecule has 0 aromatic heterocycles. The van der Waals surface area contributed by atoms with Gasteiger partial charge >= 0.3 is 0 Å². The molecule has 150 valence electrons. The zero-order valence-electron chi connectivity index (χ0n) is 16.2. The van der Waals surface area contributed by atoms with Gasteiger partial charge in [0.15, 0.2) is 6.54 Å². The van der Waals surface area contributed by atoms with Crippen LogP contribution in [0.5, 0.6) is 0 Å². The summed E-state index contributed by atoms with van der Waals surface area (Å²) < 4.78 is 32.4. The van der Waals surface area contributed by atoms with Gasteiger partial charge in [-0.3, -0.25) is 4.79 Å². The van der Waals surface area contributed by atoms with Gasteiger partial charge in [-0.1, -0.05) is 13.0 Å². The number of hydrogen-bond acceptors (Lipinski definition) is 4. The quantitative estimate of drug-likeness (QED) is 0.749. The van der Waals surface area contributed by atoms with Crippen molar-refractivity contribution in [1.29, 1.82) is 0 Å². The molecule has 0 radical (unpaired) electrons. The fourth-order valence-corrected chi connectivity index (χ4v) is 5.04. The molecule has 1 aromatic rings. The predicted molar refractivity (Wildman–Crippen MR) is 103 cm³/mol. The molecule has 2 saturated heterocycles. The summed E-state index contributed by atoms with van der Waals surface area (Å²) in [6.07, 6.45) is 2.30. The van der Waals surface area contributed by atoms with Crippen LogP contribution in [0.25, 0.3) is 0 Å². The average Bonchev–Trinajstić information content (AvgIpc) is 2.66. The van der Waals surface area contributed by atoms with Gasteiger partial charge in [-0.05, 0) is 43.4 Å². The summed E-state index contributed by atoms with van der Waals surface area (Å²) in [5.74, 6) is 0.671. The molecule has 0 bridgehead atoms. The number of ether oxygens (including phenoxy) is 1. The standard InChI is InChI=1S/C19H29N3O4S/c1-15-5-7-21(8-6-15)14-19(23)20-18-13-17(4-3-16(18)2)27(24,25)22-9-11-26-12-10-22/h3-4,13,15H,5-12,14H2,1-2H3,(H,20,23)/p+1. The maximum atomic E-state index is 12.8. The Hall–Kier alpha value is -1.48. The van der Waals surface area contributed by atoms with E-state index >= 15 is 0 Å². The van der Waals surface area contributed by atoms with Crippen molar-refractivity contribution in [3.05, 3.63) is 23.8 Å². The summed E-state index contributed by atoms with van der Waals surface area (Å²) in [7, 11) is -3.57. The van der Waals surface area contributed by atoms with Crippen molar-refractivity contribution in [2.24, 2.45) is 5.92 Å². The van der Waals surface area contributed by atoms with Gasteiger partial charge < -0.3 is 15.0 Å². The van der Waals surface area contributed by atoms with Crippen LogP contribution in [0.3, 0.4) is 0 Å². The van der Waals surface area contributed by atoms with Crippen molar-refractivity contribution in [2.75, 3.05) is 51.3 Å². The number of amides is 1. The van der Waals surface area contributed by atoms with E-state index in [1.165, 1.54) is 9.21 Å². The van der Waals surface area contributed by atoms with E-state index in [1.807, 2.05) is 6.92 Å². The molecule has 0 saturated carbocycles. The van der Waals surface area contributed by atoms with Gasteiger partial charge in [-0.15, -0.1) is 0 Å². The third-order valence-electron chi connectivity index (χ3n) is 5.48. The lowest BCUT2D eigenvalue weighted by Crippen LogP contribution is -3.14. The second kappa shape index (κ2) is 8.68. The zero-order chi connectivity index (χ0) is 19.4. The van der Waals surface area contributed by atoms with Crippen LogP contribution in [-0.4, -0.2) is 64.6 Å². The molecular formula is C19H30N3O4S+. The van der Waals surface area contributed by atoms with Gasteiger partial charge in [0.25, 0.3) is 5.91 Å². The Balaban J connectivity index is 1.68. The van der Waals surface area contributed by atoms with Gasteiger partial charge in [0.2, 0.25) is 10.0 Å². The van der Waals surface area contributed by atoms with Gasteiger partial charge in [0.05, 0.1) is 31.2 Å². The van der Waals surface area contributed by atoms with Gasteiger partial charge in [0, 0.05) is 18.8 Å². The number of piperidine rings is 1. The van der Waals surface area contributed by atoms with Crippen molar-refractivity contribution >= 4 is 21.6 Å². The van der Waals surface area contributed by atoms with E-state index in [1.54, 1.807) is 18.2 Å². The number of sulfonamides is 1. The number of carbonyl (C=O) groups excluding carboxylic acids is 1. The summed E-state index contributed by atoms with van der Waals surface area (Å²) >= 11 is 0. The minimum absolute atomic E-state index is 0.0661. The molecule has 2 aliphatic rings. The van der Waals surface area contributed by atoms with E-state index in [0.29, 0.717) is 38.5 Å². The fraction of sp³-hybridized carbons (Fsp3) is 0.632. The van der Waals surface area contributed by atoms with Crippen LogP contribution in [0.1, 0.15) is 25.3 Å². The minimum Gasteiger partial charge on any atom is -0.379 e. The smallest absolute Gasteiger partial charge is 0.279 e. The predicted octanol–water partition coefficient (Wildman–Crippen LogP) is 0.269. The van der Waals surface area contributed by atoms with Crippen LogP contribution in [0.15, 0.2) is 23.1 Å². The number of quaternary nitrogens is 1. The molecule has 0 unspecified atom stereocenters. The lowest BCUT2D eigenvalue weighted by molar-refractivity contribution is -0.897. The van der Waals surface area contributed by atoms with Crippen molar-refractivity contribution in [2.45, 2.75) is 31.6 Å². The van der Waals surface area contributed by atoms with Gasteiger partial charge in [0.1, 0.15) is 0 Å². The summed E-state index contributed by atoms with van der Waals surface area (Å²) in [5, 5.41) is 2.92. The molecule has 8 heteroatoms. The normalized spacial score (nSPS) is 24.5. The highest BCUT2D eigenvalue weighted by molar-refractivity contribution is 7.89. The number of nitrogens with zero attached hydrogens (tertiary/aromatic N) is 1. The highest BCUT2D eigenvalue weighted by atomic mass is 32.2. The van der Waals surface area contributed by atoms with Crippen LogP contribution in [0.4, 0.5) is 5.69 Å². The third-order valence-corrected chi connectivity index (χ3v) is 7.38. The maximum Gasteiger partial charge on any atom is 0.279 e. The van der Waals surface area contributed by atoms with Crippen LogP contribution in [0.2, 0.25) is 0 Å². The lowest BCUT2D eigenvalue weighted by atomic mass is 9.99. The van der Waals surface area contributed by atoms with E-state index < -0.39 is 10.0 Å². The molecule has 3 rings (SSSR count). The number of nitrogens with one attached hydrogen (secondary N) is 2. The number of likely N-dealkylation sites (tertiary alicyclic amines) is 1. The van der Waals surface area contributed by atoms with Crippen LogP contribution >= 0.6 is 0 Å². The van der Waals surface area contributed by atoms with Crippen molar-refractivity contribution in [3.63, 3.8) is 0 Å².